The number of allylic oxidation sites excluding steroid dienone is 1. The van der Waals surface area contributed by atoms with Gasteiger partial charge in [-0.3, -0.25) is 0 Å². The first-order chi connectivity index (χ1) is 7.83. The van der Waals surface area contributed by atoms with Crippen LogP contribution in [-0.4, -0.2) is 12.6 Å². The van der Waals surface area contributed by atoms with Crippen molar-refractivity contribution in [3.63, 3.8) is 0 Å². The molecule has 16 heavy (non-hydrogen) atoms. The number of hydrogen-bond acceptors (Lipinski definition) is 2. The Labute approximate surface area is 94.9 Å². The third-order valence-electron chi connectivity index (χ3n) is 1.61. The third kappa shape index (κ3) is 4.69. The van der Waals surface area contributed by atoms with E-state index in [0.29, 0.717) is 0 Å². The van der Waals surface area contributed by atoms with Gasteiger partial charge < -0.3 is 4.74 Å². The molecule has 0 aliphatic carbocycles. The highest BCUT2D eigenvalue weighted by atomic mass is 16.5. The molecule has 0 aliphatic heterocycles. The Balaban J connectivity index is 2.37. The van der Waals surface area contributed by atoms with Gasteiger partial charge in [-0.2, -0.15) is 0 Å². The van der Waals surface area contributed by atoms with Gasteiger partial charge in [0.2, 0.25) is 0 Å². The van der Waals surface area contributed by atoms with E-state index in [-0.39, 0.29) is 6.61 Å². The van der Waals surface area contributed by atoms with Crippen molar-refractivity contribution in [2.24, 2.45) is 0 Å². The van der Waals surface area contributed by atoms with Gasteiger partial charge in [-0.25, -0.2) is 4.79 Å². The SMILES string of the molecule is C#C/C=C\C(=O)OCC#Cc1ccccc1. The Morgan fingerprint density at radius 2 is 2.12 bits per heavy atom. The quantitative estimate of drug-likeness (QED) is 0.422. The van der Waals surface area contributed by atoms with E-state index in [2.05, 4.69) is 17.8 Å². The van der Waals surface area contributed by atoms with E-state index < -0.39 is 5.97 Å². The zero-order valence-corrected chi connectivity index (χ0v) is 8.64. The molecule has 0 N–H and O–H groups in total. The van der Waals surface area contributed by atoms with E-state index >= 15 is 0 Å². The summed E-state index contributed by atoms with van der Waals surface area (Å²) < 4.78 is 4.77. The zero-order valence-electron chi connectivity index (χ0n) is 8.64. The van der Waals surface area contributed by atoms with Gasteiger partial charge in [-0.05, 0) is 18.2 Å². The number of esters is 1. The molecule has 1 aromatic carbocycles. The molecule has 0 saturated carbocycles. The normalized spacial score (nSPS) is 8.94. The van der Waals surface area contributed by atoms with Crippen molar-refractivity contribution in [3.05, 3.63) is 48.0 Å². The number of carbonyl (C=O) groups is 1. The maximum Gasteiger partial charge on any atom is 0.332 e. The summed E-state index contributed by atoms with van der Waals surface area (Å²) in [4.78, 5) is 10.9. The first kappa shape index (κ1) is 11.6. The fraction of sp³-hybridized carbons (Fsp3) is 0.0714. The molecule has 0 radical (unpaired) electrons. The van der Waals surface area contributed by atoms with Crippen LogP contribution in [-0.2, 0) is 9.53 Å². The summed E-state index contributed by atoms with van der Waals surface area (Å²) in [7, 11) is 0. The Morgan fingerprint density at radius 1 is 1.38 bits per heavy atom. The van der Waals surface area contributed by atoms with Crippen molar-refractivity contribution in [3.8, 4) is 24.2 Å². The van der Waals surface area contributed by atoms with Gasteiger partial charge in [0.15, 0.2) is 6.61 Å². The predicted molar refractivity (Wildman–Crippen MR) is 62.3 cm³/mol. The van der Waals surface area contributed by atoms with Crippen molar-refractivity contribution in [1.29, 1.82) is 0 Å². The molecule has 0 bridgehead atoms. The maximum absolute atomic E-state index is 10.9. The van der Waals surface area contributed by atoms with Crippen molar-refractivity contribution >= 4 is 5.97 Å². The summed E-state index contributed by atoms with van der Waals surface area (Å²) in [5.41, 5.74) is 0.887. The van der Waals surface area contributed by atoms with Gasteiger partial charge >= 0.3 is 5.97 Å². The summed E-state index contributed by atoms with van der Waals surface area (Å²) >= 11 is 0. The number of hydrogen-bond donors (Lipinski definition) is 0. The molecule has 2 nitrogen and oxygen atoms in total. The largest absolute Gasteiger partial charge is 0.449 e. The second-order valence-corrected chi connectivity index (χ2v) is 2.78. The average molecular weight is 210 g/mol. The fourth-order valence-electron chi connectivity index (χ4n) is 0.931. The molecule has 0 spiro atoms. The Hall–Kier alpha value is -2.45. The molecule has 0 atom stereocenters. The Kier molecular flexibility index (Phi) is 5.03. The van der Waals surface area contributed by atoms with Crippen molar-refractivity contribution in [1.82, 2.24) is 0 Å². The monoisotopic (exact) mass is 210 g/mol. The highest BCUT2D eigenvalue weighted by Gasteiger charge is 1.91. The van der Waals surface area contributed by atoms with Gasteiger partial charge in [0.05, 0.1) is 0 Å². The van der Waals surface area contributed by atoms with Gasteiger partial charge in [0, 0.05) is 11.6 Å². The topological polar surface area (TPSA) is 26.3 Å². The molecule has 2 heteroatoms. The first-order valence-corrected chi connectivity index (χ1v) is 4.66. The highest BCUT2D eigenvalue weighted by molar-refractivity contribution is 5.82. The lowest BCUT2D eigenvalue weighted by Crippen LogP contribution is -2.00. The second kappa shape index (κ2) is 6.92. The van der Waals surface area contributed by atoms with Crippen LogP contribution >= 0.6 is 0 Å². The summed E-state index contributed by atoms with van der Waals surface area (Å²) in [5, 5.41) is 0. The standard InChI is InChI=1S/C14H10O2/c1-2-3-11-14(15)16-12-7-10-13-8-5-4-6-9-13/h1,3-6,8-9,11H,12H2/b11-3-. The van der Waals surface area contributed by atoms with Crippen molar-refractivity contribution in [2.45, 2.75) is 0 Å². The van der Waals surface area contributed by atoms with Crippen molar-refractivity contribution in [2.75, 3.05) is 6.61 Å². The summed E-state index contributed by atoms with van der Waals surface area (Å²) in [6, 6.07) is 9.47. The molecule has 78 valence electrons. The maximum atomic E-state index is 10.9. The Morgan fingerprint density at radius 3 is 2.81 bits per heavy atom. The number of ether oxygens (including phenoxy) is 1. The molecule has 0 amide bonds. The van der Waals surface area contributed by atoms with Crippen LogP contribution in [0.25, 0.3) is 0 Å². The molecular weight excluding hydrogens is 200 g/mol. The van der Waals surface area contributed by atoms with Gasteiger partial charge in [-0.1, -0.05) is 36.0 Å². The molecule has 1 rings (SSSR count). The molecule has 1 aromatic rings. The zero-order chi connectivity index (χ0) is 11.6. The molecule has 0 saturated heterocycles. The number of terminal acetylenes is 1. The minimum atomic E-state index is -0.486. The molecule has 0 aromatic heterocycles. The Bertz CT molecular complexity index is 467. The van der Waals surface area contributed by atoms with Gasteiger partial charge in [0.1, 0.15) is 0 Å². The van der Waals surface area contributed by atoms with E-state index in [0.717, 1.165) is 5.56 Å². The molecule has 0 heterocycles. The smallest absolute Gasteiger partial charge is 0.332 e. The summed E-state index contributed by atoms with van der Waals surface area (Å²) in [5.74, 6) is 7.31. The highest BCUT2D eigenvalue weighted by Crippen LogP contribution is 1.94. The second-order valence-electron chi connectivity index (χ2n) is 2.78. The minimum Gasteiger partial charge on any atom is -0.449 e. The summed E-state index contributed by atoms with van der Waals surface area (Å²) in [6.07, 6.45) is 7.40. The van der Waals surface area contributed by atoms with E-state index in [1.807, 2.05) is 30.3 Å². The summed E-state index contributed by atoms with van der Waals surface area (Å²) in [6.45, 7) is 0.0582. The van der Waals surface area contributed by atoms with Crippen LogP contribution in [0, 0.1) is 24.2 Å². The van der Waals surface area contributed by atoms with E-state index in [1.54, 1.807) is 0 Å². The predicted octanol–water partition coefficient (Wildman–Crippen LogP) is 1.77. The average Bonchev–Trinajstić information content (AvgIpc) is 2.33. The molecular formula is C14H10O2. The number of carbonyl (C=O) groups excluding carboxylic acids is 1. The van der Waals surface area contributed by atoms with Crippen LogP contribution in [0.5, 0.6) is 0 Å². The third-order valence-corrected chi connectivity index (χ3v) is 1.61. The lowest BCUT2D eigenvalue weighted by Gasteiger charge is -1.92. The lowest BCUT2D eigenvalue weighted by molar-refractivity contribution is -0.136. The van der Waals surface area contributed by atoms with Crippen LogP contribution in [0.1, 0.15) is 5.56 Å². The van der Waals surface area contributed by atoms with Crippen molar-refractivity contribution < 1.29 is 9.53 Å². The molecule has 0 fully saturated rings. The molecule has 0 unspecified atom stereocenters. The number of benzene rings is 1. The molecule has 0 aliphatic rings. The van der Waals surface area contributed by atoms with Crippen LogP contribution in [0.4, 0.5) is 0 Å². The van der Waals surface area contributed by atoms with Crippen LogP contribution < -0.4 is 0 Å². The van der Waals surface area contributed by atoms with Gasteiger partial charge in [-0.15, -0.1) is 6.42 Å². The van der Waals surface area contributed by atoms with E-state index in [4.69, 9.17) is 11.2 Å². The van der Waals surface area contributed by atoms with Gasteiger partial charge in [0.25, 0.3) is 0 Å². The first-order valence-electron chi connectivity index (χ1n) is 4.66. The van der Waals surface area contributed by atoms with Crippen LogP contribution in [0.15, 0.2) is 42.5 Å². The van der Waals surface area contributed by atoms with Crippen LogP contribution in [0.2, 0.25) is 0 Å². The number of rotatable bonds is 2. The van der Waals surface area contributed by atoms with E-state index in [1.165, 1.54) is 12.2 Å². The fourth-order valence-corrected chi connectivity index (χ4v) is 0.931. The van der Waals surface area contributed by atoms with Crippen LogP contribution in [0.3, 0.4) is 0 Å². The lowest BCUT2D eigenvalue weighted by atomic mass is 10.2. The van der Waals surface area contributed by atoms with E-state index in [9.17, 15) is 4.79 Å². The minimum absolute atomic E-state index is 0.0582.